The molecule has 0 saturated heterocycles. The van der Waals surface area contributed by atoms with Crippen LogP contribution in [0, 0.1) is 0 Å². The number of hydrogen-bond acceptors (Lipinski definition) is 3. The van der Waals surface area contributed by atoms with Gasteiger partial charge < -0.3 is 4.74 Å². The number of hydrogen-bond donors (Lipinski definition) is 0. The van der Waals surface area contributed by atoms with Crippen LogP contribution in [0.2, 0.25) is 0 Å². The molecule has 0 aromatic carbocycles. The van der Waals surface area contributed by atoms with E-state index < -0.39 is 11.8 Å². The Morgan fingerprint density at radius 2 is 2.00 bits per heavy atom. The molecular formula is C6H10O3. The fourth-order valence-corrected chi connectivity index (χ4v) is 0.296. The Hall–Kier alpha value is -0.860. The number of esters is 1. The highest BCUT2D eigenvalue weighted by molar-refractivity contribution is 6.32. The Kier molecular flexibility index (Phi) is 3.67. The first kappa shape index (κ1) is 8.14. The number of ether oxygens (including phenoxy) is 1. The highest BCUT2D eigenvalue weighted by atomic mass is 16.5. The normalized spacial score (nSPS) is 8.67. The van der Waals surface area contributed by atoms with E-state index in [9.17, 15) is 9.59 Å². The molecule has 0 aromatic rings. The molecular weight excluding hydrogens is 120 g/mol. The Balaban J connectivity index is 3.39. The summed E-state index contributed by atoms with van der Waals surface area (Å²) in [5.74, 6) is -1.28. The van der Waals surface area contributed by atoms with Gasteiger partial charge in [0.15, 0.2) is 0 Å². The van der Waals surface area contributed by atoms with Gasteiger partial charge >= 0.3 is 5.97 Å². The van der Waals surface area contributed by atoms with E-state index in [2.05, 4.69) is 4.74 Å². The van der Waals surface area contributed by atoms with Crippen molar-refractivity contribution in [1.29, 1.82) is 0 Å². The lowest BCUT2D eigenvalue weighted by molar-refractivity contribution is -0.152. The van der Waals surface area contributed by atoms with Crippen molar-refractivity contribution in [3.8, 4) is 0 Å². The minimum absolute atomic E-state index is 0.332. The first-order chi connectivity index (χ1) is 4.18. The average molecular weight is 130 g/mol. The third-order valence-electron chi connectivity index (χ3n) is 0.725. The molecule has 0 atom stereocenters. The minimum Gasteiger partial charge on any atom is -0.460 e. The van der Waals surface area contributed by atoms with Gasteiger partial charge in [0.1, 0.15) is 0 Å². The second-order valence-corrected chi connectivity index (χ2v) is 1.69. The van der Waals surface area contributed by atoms with E-state index in [-0.39, 0.29) is 0 Å². The molecule has 0 radical (unpaired) electrons. The first-order valence-electron chi connectivity index (χ1n) is 2.86. The Morgan fingerprint density at radius 1 is 1.44 bits per heavy atom. The summed E-state index contributed by atoms with van der Waals surface area (Å²) in [6, 6.07) is 0. The maximum absolute atomic E-state index is 10.3. The van der Waals surface area contributed by atoms with Crippen LogP contribution >= 0.6 is 0 Å². The van der Waals surface area contributed by atoms with E-state index in [0.29, 0.717) is 6.61 Å². The summed E-state index contributed by atoms with van der Waals surface area (Å²) in [5.41, 5.74) is 0. The number of ketones is 1. The summed E-state index contributed by atoms with van der Waals surface area (Å²) in [7, 11) is 0. The lowest BCUT2D eigenvalue weighted by Crippen LogP contribution is -2.13. The molecule has 0 aliphatic heterocycles. The third-order valence-corrected chi connectivity index (χ3v) is 0.725. The average Bonchev–Trinajstić information content (AvgIpc) is 1.82. The third kappa shape index (κ3) is 3.70. The molecule has 0 aliphatic carbocycles. The summed E-state index contributed by atoms with van der Waals surface area (Å²) in [6.45, 7) is 3.39. The highest BCUT2D eigenvalue weighted by Gasteiger charge is 2.06. The lowest BCUT2D eigenvalue weighted by Gasteiger charge is -1.96. The van der Waals surface area contributed by atoms with Gasteiger partial charge in [-0.3, -0.25) is 4.79 Å². The molecule has 0 aromatic heterocycles. The number of rotatable bonds is 3. The van der Waals surface area contributed by atoms with Gasteiger partial charge in [0.2, 0.25) is 5.78 Å². The van der Waals surface area contributed by atoms with Crippen LogP contribution in [0.5, 0.6) is 0 Å². The maximum atomic E-state index is 10.3. The molecule has 0 spiro atoms. The molecule has 3 heteroatoms. The van der Waals surface area contributed by atoms with Crippen molar-refractivity contribution >= 4 is 11.8 Å². The van der Waals surface area contributed by atoms with E-state index >= 15 is 0 Å². The van der Waals surface area contributed by atoms with Crippen LogP contribution in [-0.4, -0.2) is 18.4 Å². The highest BCUT2D eigenvalue weighted by Crippen LogP contribution is 1.82. The summed E-state index contributed by atoms with van der Waals surface area (Å²) in [5, 5.41) is 0. The summed E-state index contributed by atoms with van der Waals surface area (Å²) in [4.78, 5) is 20.5. The largest absolute Gasteiger partial charge is 0.460 e. The van der Waals surface area contributed by atoms with E-state index in [1.165, 1.54) is 6.92 Å². The van der Waals surface area contributed by atoms with Crippen molar-refractivity contribution in [2.24, 2.45) is 0 Å². The van der Waals surface area contributed by atoms with E-state index in [4.69, 9.17) is 0 Å². The van der Waals surface area contributed by atoms with Crippen molar-refractivity contribution in [2.45, 2.75) is 20.3 Å². The topological polar surface area (TPSA) is 43.4 Å². The molecule has 0 fully saturated rings. The quantitative estimate of drug-likeness (QED) is 0.413. The SMILES string of the molecule is CCCOC(=O)C(C)=O. The minimum atomic E-state index is -0.739. The molecule has 3 nitrogen and oxygen atoms in total. The van der Waals surface area contributed by atoms with E-state index in [1.807, 2.05) is 6.92 Å². The van der Waals surface area contributed by atoms with Crippen LogP contribution in [0.25, 0.3) is 0 Å². The van der Waals surface area contributed by atoms with Gasteiger partial charge in [-0.15, -0.1) is 0 Å². The van der Waals surface area contributed by atoms with Crippen LogP contribution in [-0.2, 0) is 14.3 Å². The number of carbonyl (C=O) groups excluding carboxylic acids is 2. The van der Waals surface area contributed by atoms with Crippen LogP contribution in [0.1, 0.15) is 20.3 Å². The summed E-state index contributed by atoms with van der Waals surface area (Å²) in [6.07, 6.45) is 0.749. The second-order valence-electron chi connectivity index (χ2n) is 1.69. The van der Waals surface area contributed by atoms with Crippen LogP contribution in [0.15, 0.2) is 0 Å². The van der Waals surface area contributed by atoms with Crippen molar-refractivity contribution in [2.75, 3.05) is 6.61 Å². The molecule has 0 aliphatic rings. The Labute approximate surface area is 54.0 Å². The Morgan fingerprint density at radius 3 is 2.33 bits per heavy atom. The van der Waals surface area contributed by atoms with E-state index in [0.717, 1.165) is 6.42 Å². The predicted molar refractivity (Wildman–Crippen MR) is 31.9 cm³/mol. The fraction of sp³-hybridized carbons (Fsp3) is 0.667. The molecule has 9 heavy (non-hydrogen) atoms. The smallest absolute Gasteiger partial charge is 0.374 e. The van der Waals surface area contributed by atoms with E-state index in [1.54, 1.807) is 0 Å². The van der Waals surface area contributed by atoms with Crippen LogP contribution in [0.3, 0.4) is 0 Å². The lowest BCUT2D eigenvalue weighted by atomic mass is 10.4. The maximum Gasteiger partial charge on any atom is 0.374 e. The molecule has 0 N–H and O–H groups in total. The van der Waals surface area contributed by atoms with Crippen molar-refractivity contribution in [3.05, 3.63) is 0 Å². The monoisotopic (exact) mass is 130 g/mol. The van der Waals surface area contributed by atoms with Gasteiger partial charge in [-0.1, -0.05) is 6.92 Å². The first-order valence-corrected chi connectivity index (χ1v) is 2.86. The molecule has 0 rings (SSSR count). The summed E-state index contributed by atoms with van der Waals surface area (Å²) < 4.78 is 4.46. The zero-order valence-electron chi connectivity index (χ0n) is 5.64. The van der Waals surface area contributed by atoms with Crippen molar-refractivity contribution < 1.29 is 14.3 Å². The number of Topliss-reactive ketones (excluding diaryl/α,β-unsaturated/α-hetero) is 1. The molecule has 52 valence electrons. The van der Waals surface area contributed by atoms with Gasteiger partial charge in [0.05, 0.1) is 6.61 Å². The van der Waals surface area contributed by atoms with Crippen LogP contribution < -0.4 is 0 Å². The molecule has 0 unspecified atom stereocenters. The predicted octanol–water partition coefficient (Wildman–Crippen LogP) is 0.529. The van der Waals surface area contributed by atoms with Crippen LogP contribution in [0.4, 0.5) is 0 Å². The fourth-order valence-electron chi connectivity index (χ4n) is 0.296. The molecule has 0 bridgehead atoms. The standard InChI is InChI=1S/C6H10O3/c1-3-4-9-6(8)5(2)7/h3-4H2,1-2H3. The van der Waals surface area contributed by atoms with Gasteiger partial charge in [-0.05, 0) is 6.42 Å². The van der Waals surface area contributed by atoms with Crippen molar-refractivity contribution in [3.63, 3.8) is 0 Å². The molecule has 0 amide bonds. The zero-order chi connectivity index (χ0) is 7.28. The van der Waals surface area contributed by atoms with Gasteiger partial charge in [0, 0.05) is 6.92 Å². The van der Waals surface area contributed by atoms with Gasteiger partial charge in [0.25, 0.3) is 0 Å². The summed E-state index contributed by atoms with van der Waals surface area (Å²) >= 11 is 0. The van der Waals surface area contributed by atoms with Gasteiger partial charge in [-0.25, -0.2) is 4.79 Å². The number of carbonyl (C=O) groups is 2. The molecule has 0 saturated carbocycles. The molecule has 0 heterocycles. The Bertz CT molecular complexity index is 117. The second kappa shape index (κ2) is 4.06. The van der Waals surface area contributed by atoms with Gasteiger partial charge in [-0.2, -0.15) is 0 Å². The zero-order valence-corrected chi connectivity index (χ0v) is 5.64. The van der Waals surface area contributed by atoms with Crippen molar-refractivity contribution in [1.82, 2.24) is 0 Å².